The van der Waals surface area contributed by atoms with Crippen LogP contribution in [0.25, 0.3) is 5.82 Å². The Bertz CT molecular complexity index is 1070. The van der Waals surface area contributed by atoms with Crippen LogP contribution in [0, 0.1) is 13.8 Å². The summed E-state index contributed by atoms with van der Waals surface area (Å²) in [6, 6.07) is 11.2. The Hall–Kier alpha value is -3.62. The molecule has 0 spiro atoms. The van der Waals surface area contributed by atoms with Crippen LogP contribution in [-0.4, -0.2) is 34.5 Å². The summed E-state index contributed by atoms with van der Waals surface area (Å²) in [4.78, 5) is 28.9. The molecule has 3 rings (SSSR count). The number of carbonyl (C=O) groups excluding carboxylic acids is 2. The maximum atomic E-state index is 12.6. The summed E-state index contributed by atoms with van der Waals surface area (Å²) in [5.41, 5.74) is 1.38. The number of alkyl halides is 3. The number of nitrogens with zero attached hydrogens (tertiary/aromatic N) is 2. The van der Waals surface area contributed by atoms with Gasteiger partial charge in [0.2, 0.25) is 0 Å². The predicted octanol–water partition coefficient (Wildman–Crippen LogP) is 3.67. The van der Waals surface area contributed by atoms with Crippen LogP contribution in [0.3, 0.4) is 0 Å². The van der Waals surface area contributed by atoms with Gasteiger partial charge in [-0.15, -0.1) is 0 Å². The molecule has 0 fully saturated rings. The minimum atomic E-state index is -4.45. The van der Waals surface area contributed by atoms with Gasteiger partial charge in [-0.2, -0.15) is 13.2 Å². The van der Waals surface area contributed by atoms with Crippen LogP contribution >= 0.6 is 0 Å². The monoisotopic (exact) mass is 430 g/mol. The number of hydrogen-bond donors (Lipinski definition) is 2. The lowest BCUT2D eigenvalue weighted by atomic mass is 10.1. The summed E-state index contributed by atoms with van der Waals surface area (Å²) < 4.78 is 39.6. The molecule has 162 valence electrons. The first-order valence-electron chi connectivity index (χ1n) is 9.52. The van der Waals surface area contributed by atoms with Crippen molar-refractivity contribution in [2.75, 3.05) is 13.1 Å². The van der Waals surface area contributed by atoms with E-state index in [1.54, 1.807) is 12.3 Å². The van der Waals surface area contributed by atoms with E-state index in [-0.39, 0.29) is 24.6 Å². The summed E-state index contributed by atoms with van der Waals surface area (Å²) in [6.07, 6.45) is -2.78. The second kappa shape index (κ2) is 9.03. The topological polar surface area (TPSA) is 76.0 Å². The van der Waals surface area contributed by atoms with E-state index in [1.165, 1.54) is 0 Å². The number of benzene rings is 1. The molecule has 0 saturated heterocycles. The van der Waals surface area contributed by atoms with Gasteiger partial charge in [0, 0.05) is 36.2 Å². The van der Waals surface area contributed by atoms with Crippen molar-refractivity contribution in [1.29, 1.82) is 0 Å². The SMILES string of the molecule is Cc1cc(C(=O)NCCNC(=O)c2ccc(C(F)(F)F)cc2)c(C)n1-c1ccccn1. The highest BCUT2D eigenvalue weighted by Crippen LogP contribution is 2.29. The molecular weight excluding hydrogens is 409 g/mol. The van der Waals surface area contributed by atoms with Gasteiger partial charge < -0.3 is 15.2 Å². The third-order valence-electron chi connectivity index (χ3n) is 4.72. The van der Waals surface area contributed by atoms with Crippen molar-refractivity contribution < 1.29 is 22.8 Å². The number of amides is 2. The van der Waals surface area contributed by atoms with Crippen LogP contribution in [0.4, 0.5) is 13.2 Å². The first kappa shape index (κ1) is 22.1. The third kappa shape index (κ3) is 5.11. The van der Waals surface area contributed by atoms with Gasteiger partial charge in [0.25, 0.3) is 11.8 Å². The van der Waals surface area contributed by atoms with Gasteiger partial charge in [-0.25, -0.2) is 4.98 Å². The molecule has 0 unspecified atom stereocenters. The Kier molecular flexibility index (Phi) is 6.43. The molecule has 0 bridgehead atoms. The van der Waals surface area contributed by atoms with Gasteiger partial charge in [-0.1, -0.05) is 6.07 Å². The highest BCUT2D eigenvalue weighted by molar-refractivity contribution is 5.96. The molecule has 2 aromatic heterocycles. The maximum Gasteiger partial charge on any atom is 0.416 e. The van der Waals surface area contributed by atoms with Crippen LogP contribution in [0.5, 0.6) is 0 Å². The zero-order valence-corrected chi connectivity index (χ0v) is 17.0. The normalized spacial score (nSPS) is 11.3. The zero-order chi connectivity index (χ0) is 22.6. The molecule has 3 aromatic rings. The highest BCUT2D eigenvalue weighted by Gasteiger charge is 2.30. The van der Waals surface area contributed by atoms with Gasteiger partial charge in [0.05, 0.1) is 11.1 Å². The number of aryl methyl sites for hydroxylation is 1. The lowest BCUT2D eigenvalue weighted by Crippen LogP contribution is -2.34. The van der Waals surface area contributed by atoms with Crippen molar-refractivity contribution in [3.05, 3.63) is 82.8 Å². The smallest absolute Gasteiger partial charge is 0.350 e. The molecule has 0 radical (unpaired) electrons. The maximum absolute atomic E-state index is 12.6. The van der Waals surface area contributed by atoms with Crippen molar-refractivity contribution >= 4 is 11.8 Å². The van der Waals surface area contributed by atoms with Gasteiger partial charge >= 0.3 is 6.18 Å². The predicted molar refractivity (Wildman–Crippen MR) is 109 cm³/mol. The second-order valence-corrected chi connectivity index (χ2v) is 6.90. The minimum absolute atomic E-state index is 0.109. The first-order valence-corrected chi connectivity index (χ1v) is 9.52. The van der Waals surface area contributed by atoms with E-state index in [2.05, 4.69) is 15.6 Å². The van der Waals surface area contributed by atoms with Gasteiger partial charge in [-0.3, -0.25) is 9.59 Å². The standard InChI is InChI=1S/C22H21F3N4O2/c1-14-13-18(15(2)29(14)19-5-3-4-10-26-19)21(31)28-12-11-27-20(30)16-6-8-17(9-7-16)22(23,24)25/h3-10,13H,11-12H2,1-2H3,(H,27,30)(H,28,31). The fourth-order valence-corrected chi connectivity index (χ4v) is 3.19. The molecule has 2 N–H and O–H groups in total. The Morgan fingerprint density at radius 2 is 1.61 bits per heavy atom. The second-order valence-electron chi connectivity index (χ2n) is 6.90. The Morgan fingerprint density at radius 3 is 2.19 bits per heavy atom. The first-order chi connectivity index (χ1) is 14.7. The quantitative estimate of drug-likeness (QED) is 0.586. The number of nitrogens with one attached hydrogen (secondary N) is 2. The molecule has 9 heteroatoms. The summed E-state index contributed by atoms with van der Waals surface area (Å²) in [6.45, 7) is 3.99. The Balaban J connectivity index is 1.54. The van der Waals surface area contributed by atoms with Gasteiger partial charge in [-0.05, 0) is 56.3 Å². The van der Waals surface area contributed by atoms with Crippen molar-refractivity contribution in [3.63, 3.8) is 0 Å². The van der Waals surface area contributed by atoms with E-state index in [4.69, 9.17) is 0 Å². The van der Waals surface area contributed by atoms with Crippen LogP contribution < -0.4 is 10.6 Å². The largest absolute Gasteiger partial charge is 0.416 e. The average molecular weight is 430 g/mol. The molecule has 2 amide bonds. The minimum Gasteiger partial charge on any atom is -0.350 e. The highest BCUT2D eigenvalue weighted by atomic mass is 19.4. The zero-order valence-electron chi connectivity index (χ0n) is 17.0. The van der Waals surface area contributed by atoms with Crippen molar-refractivity contribution in [1.82, 2.24) is 20.2 Å². The summed E-state index contributed by atoms with van der Waals surface area (Å²) in [7, 11) is 0. The summed E-state index contributed by atoms with van der Waals surface area (Å²) >= 11 is 0. The lowest BCUT2D eigenvalue weighted by molar-refractivity contribution is -0.137. The molecule has 0 aliphatic rings. The van der Waals surface area contributed by atoms with E-state index < -0.39 is 17.6 Å². The molecule has 31 heavy (non-hydrogen) atoms. The molecule has 0 aliphatic carbocycles. The van der Waals surface area contributed by atoms with Crippen molar-refractivity contribution in [3.8, 4) is 5.82 Å². The number of halogens is 3. The molecular formula is C22H21F3N4O2. The van der Waals surface area contributed by atoms with Gasteiger partial charge in [0.15, 0.2) is 0 Å². The van der Waals surface area contributed by atoms with Crippen molar-refractivity contribution in [2.45, 2.75) is 20.0 Å². The van der Waals surface area contributed by atoms with Crippen LogP contribution in [0.2, 0.25) is 0 Å². The molecule has 0 aliphatic heterocycles. The fourth-order valence-electron chi connectivity index (χ4n) is 3.19. The van der Waals surface area contributed by atoms with Crippen LogP contribution in [-0.2, 0) is 6.18 Å². The summed E-state index contributed by atoms with van der Waals surface area (Å²) in [5, 5.41) is 5.30. The molecule has 0 atom stereocenters. The Labute approximate surface area is 177 Å². The van der Waals surface area contributed by atoms with E-state index in [9.17, 15) is 22.8 Å². The number of carbonyl (C=O) groups is 2. The number of pyridine rings is 1. The average Bonchev–Trinajstić information content (AvgIpc) is 3.05. The Morgan fingerprint density at radius 1 is 0.968 bits per heavy atom. The van der Waals surface area contributed by atoms with Crippen LogP contribution in [0.1, 0.15) is 37.7 Å². The number of hydrogen-bond acceptors (Lipinski definition) is 3. The number of aromatic nitrogens is 2. The van der Waals surface area contributed by atoms with Crippen molar-refractivity contribution in [2.24, 2.45) is 0 Å². The van der Waals surface area contributed by atoms with E-state index in [1.807, 2.05) is 36.6 Å². The molecule has 0 saturated carbocycles. The molecule has 1 aromatic carbocycles. The van der Waals surface area contributed by atoms with Crippen LogP contribution in [0.15, 0.2) is 54.7 Å². The van der Waals surface area contributed by atoms with Gasteiger partial charge in [0.1, 0.15) is 5.82 Å². The summed E-state index contributed by atoms with van der Waals surface area (Å²) in [5.74, 6) is -0.101. The molecule has 2 heterocycles. The van der Waals surface area contributed by atoms with E-state index >= 15 is 0 Å². The number of rotatable bonds is 6. The van der Waals surface area contributed by atoms with E-state index in [0.717, 1.165) is 35.7 Å². The van der Waals surface area contributed by atoms with E-state index in [0.29, 0.717) is 11.4 Å². The fraction of sp³-hybridized carbons (Fsp3) is 0.227. The molecule has 6 nitrogen and oxygen atoms in total. The third-order valence-corrected chi connectivity index (χ3v) is 4.72. The lowest BCUT2D eigenvalue weighted by Gasteiger charge is -2.10.